The summed E-state index contributed by atoms with van der Waals surface area (Å²) in [5.74, 6) is -0.398. The number of hydrogen-bond acceptors (Lipinski definition) is 5. The molecule has 1 amide bonds. The quantitative estimate of drug-likeness (QED) is 0.795. The Morgan fingerprint density at radius 2 is 2.00 bits per heavy atom. The molecule has 0 aliphatic carbocycles. The molecular formula is C16H17ClF3N5O. The smallest absolute Gasteiger partial charge is 0.353 e. The van der Waals surface area contributed by atoms with E-state index in [1.807, 2.05) is 19.0 Å². The van der Waals surface area contributed by atoms with Crippen molar-refractivity contribution in [2.45, 2.75) is 6.18 Å². The van der Waals surface area contributed by atoms with Gasteiger partial charge in [-0.1, -0.05) is 11.6 Å². The minimum absolute atomic E-state index is 0.0239. The Labute approximate surface area is 153 Å². The van der Waals surface area contributed by atoms with E-state index in [0.717, 1.165) is 18.7 Å². The van der Waals surface area contributed by atoms with E-state index in [1.54, 1.807) is 0 Å². The molecule has 6 nitrogen and oxygen atoms in total. The molecule has 2 N–H and O–H groups in total. The first-order chi connectivity index (χ1) is 12.2. The van der Waals surface area contributed by atoms with Crippen LogP contribution in [0.3, 0.4) is 0 Å². The highest BCUT2D eigenvalue weighted by molar-refractivity contribution is 6.31. The Hall–Kier alpha value is -2.39. The van der Waals surface area contributed by atoms with E-state index in [0.29, 0.717) is 6.54 Å². The Balaban J connectivity index is 2.10. The van der Waals surface area contributed by atoms with Crippen molar-refractivity contribution in [3.63, 3.8) is 0 Å². The molecule has 0 saturated heterocycles. The van der Waals surface area contributed by atoms with Crippen LogP contribution < -0.4 is 10.6 Å². The first-order valence-electron chi connectivity index (χ1n) is 7.56. The summed E-state index contributed by atoms with van der Waals surface area (Å²) in [6, 6.07) is 4.51. The fraction of sp³-hybridized carbons (Fsp3) is 0.312. The summed E-state index contributed by atoms with van der Waals surface area (Å²) < 4.78 is 38.7. The van der Waals surface area contributed by atoms with E-state index >= 15 is 0 Å². The predicted molar refractivity (Wildman–Crippen MR) is 93.5 cm³/mol. The van der Waals surface area contributed by atoms with Gasteiger partial charge in [0.15, 0.2) is 0 Å². The maximum atomic E-state index is 12.9. The highest BCUT2D eigenvalue weighted by Gasteiger charge is 2.33. The zero-order valence-corrected chi connectivity index (χ0v) is 14.8. The molecule has 1 aromatic carbocycles. The lowest BCUT2D eigenvalue weighted by Gasteiger charge is -2.12. The van der Waals surface area contributed by atoms with Gasteiger partial charge in [-0.2, -0.15) is 13.2 Å². The number of likely N-dealkylation sites (N-methyl/N-ethyl adjacent to an activating group) is 1. The SMILES string of the molecule is CN(C)CCNc1nccc(C(=O)Nc2ccc(Cl)c(C(F)(F)F)c2)n1. The molecule has 0 aliphatic rings. The first kappa shape index (κ1) is 19.9. The fourth-order valence-corrected chi connectivity index (χ4v) is 2.20. The topological polar surface area (TPSA) is 70.2 Å². The van der Waals surface area contributed by atoms with Crippen molar-refractivity contribution < 1.29 is 18.0 Å². The van der Waals surface area contributed by atoms with Crippen molar-refractivity contribution in [1.82, 2.24) is 14.9 Å². The van der Waals surface area contributed by atoms with Crippen LogP contribution in [0.1, 0.15) is 16.1 Å². The standard InChI is InChI=1S/C16H17ClF3N5O/c1-25(2)8-7-22-15-21-6-5-13(24-15)14(26)23-10-3-4-12(17)11(9-10)16(18,19)20/h3-6,9H,7-8H2,1-2H3,(H,23,26)(H,21,22,24). The number of carbonyl (C=O) groups is 1. The second-order valence-electron chi connectivity index (χ2n) is 5.64. The second kappa shape index (κ2) is 8.33. The zero-order valence-electron chi connectivity index (χ0n) is 14.1. The molecule has 2 rings (SSSR count). The first-order valence-corrected chi connectivity index (χ1v) is 7.94. The lowest BCUT2D eigenvalue weighted by molar-refractivity contribution is -0.137. The van der Waals surface area contributed by atoms with Crippen LogP contribution >= 0.6 is 11.6 Å². The molecule has 0 radical (unpaired) electrons. The number of halogens is 4. The molecule has 2 aromatic rings. The average molecular weight is 388 g/mol. The summed E-state index contributed by atoms with van der Waals surface area (Å²) in [5.41, 5.74) is -1.03. The van der Waals surface area contributed by atoms with Gasteiger partial charge < -0.3 is 15.5 Å². The fourth-order valence-electron chi connectivity index (χ4n) is 1.98. The molecule has 0 saturated carbocycles. The van der Waals surface area contributed by atoms with Crippen LogP contribution in [0.2, 0.25) is 5.02 Å². The highest BCUT2D eigenvalue weighted by atomic mass is 35.5. The van der Waals surface area contributed by atoms with Gasteiger partial charge in [0.25, 0.3) is 5.91 Å². The Morgan fingerprint density at radius 3 is 2.65 bits per heavy atom. The van der Waals surface area contributed by atoms with Gasteiger partial charge in [0.05, 0.1) is 10.6 Å². The van der Waals surface area contributed by atoms with Gasteiger partial charge in [-0.25, -0.2) is 9.97 Å². The minimum Gasteiger partial charge on any atom is -0.353 e. The average Bonchev–Trinajstić information content (AvgIpc) is 2.55. The third-order valence-corrected chi connectivity index (χ3v) is 3.59. The van der Waals surface area contributed by atoms with Gasteiger partial charge in [0.1, 0.15) is 5.69 Å². The van der Waals surface area contributed by atoms with Crippen molar-refractivity contribution >= 4 is 29.1 Å². The van der Waals surface area contributed by atoms with Crippen LogP contribution in [0.15, 0.2) is 30.5 Å². The summed E-state index contributed by atoms with van der Waals surface area (Å²) in [5, 5.41) is 4.90. The molecule has 0 aliphatic heterocycles. The number of nitrogens with one attached hydrogen (secondary N) is 2. The number of amides is 1. The summed E-state index contributed by atoms with van der Waals surface area (Å²) in [7, 11) is 3.82. The van der Waals surface area contributed by atoms with E-state index in [1.165, 1.54) is 18.3 Å². The molecule has 1 aromatic heterocycles. The van der Waals surface area contributed by atoms with Gasteiger partial charge in [0.2, 0.25) is 5.95 Å². The molecule has 1 heterocycles. The molecular weight excluding hydrogens is 371 g/mol. The van der Waals surface area contributed by atoms with E-state index in [-0.39, 0.29) is 17.3 Å². The van der Waals surface area contributed by atoms with Crippen LogP contribution in [0.4, 0.5) is 24.8 Å². The van der Waals surface area contributed by atoms with Crippen molar-refractivity contribution in [3.05, 3.63) is 46.7 Å². The van der Waals surface area contributed by atoms with Crippen LogP contribution in [0.25, 0.3) is 0 Å². The Bertz CT molecular complexity index is 783. The molecule has 140 valence electrons. The maximum Gasteiger partial charge on any atom is 0.417 e. The van der Waals surface area contributed by atoms with Crippen molar-refractivity contribution in [1.29, 1.82) is 0 Å². The van der Waals surface area contributed by atoms with Gasteiger partial charge in [-0.05, 0) is 38.4 Å². The number of benzene rings is 1. The van der Waals surface area contributed by atoms with Gasteiger partial charge in [0, 0.05) is 25.0 Å². The third-order valence-electron chi connectivity index (χ3n) is 3.26. The Kier molecular flexibility index (Phi) is 6.38. The molecule has 0 fully saturated rings. The van der Waals surface area contributed by atoms with Crippen molar-refractivity contribution in [2.24, 2.45) is 0 Å². The lowest BCUT2D eigenvalue weighted by Crippen LogP contribution is -2.22. The molecule has 26 heavy (non-hydrogen) atoms. The normalized spacial score (nSPS) is 11.5. The van der Waals surface area contributed by atoms with Gasteiger partial charge >= 0.3 is 6.18 Å². The van der Waals surface area contributed by atoms with Crippen LogP contribution in [0.5, 0.6) is 0 Å². The number of anilines is 2. The van der Waals surface area contributed by atoms with E-state index < -0.39 is 22.7 Å². The maximum absolute atomic E-state index is 12.9. The molecule has 0 unspecified atom stereocenters. The van der Waals surface area contributed by atoms with Crippen molar-refractivity contribution in [2.75, 3.05) is 37.8 Å². The zero-order chi connectivity index (χ0) is 19.3. The third kappa shape index (κ3) is 5.57. The number of aromatic nitrogens is 2. The molecule has 10 heteroatoms. The largest absolute Gasteiger partial charge is 0.417 e. The van der Waals surface area contributed by atoms with Crippen LogP contribution in [-0.4, -0.2) is 48.0 Å². The van der Waals surface area contributed by atoms with E-state index in [2.05, 4.69) is 20.6 Å². The van der Waals surface area contributed by atoms with Crippen molar-refractivity contribution in [3.8, 4) is 0 Å². The highest BCUT2D eigenvalue weighted by Crippen LogP contribution is 2.36. The minimum atomic E-state index is -4.61. The molecule has 0 bridgehead atoms. The predicted octanol–water partition coefficient (Wildman–Crippen LogP) is 3.37. The summed E-state index contributed by atoms with van der Waals surface area (Å²) in [4.78, 5) is 22.3. The molecule has 0 atom stereocenters. The summed E-state index contributed by atoms with van der Waals surface area (Å²) in [6.45, 7) is 1.31. The van der Waals surface area contributed by atoms with Gasteiger partial charge in [-0.3, -0.25) is 4.79 Å². The van der Waals surface area contributed by atoms with E-state index in [9.17, 15) is 18.0 Å². The van der Waals surface area contributed by atoms with Crippen LogP contribution in [0, 0.1) is 0 Å². The number of carbonyl (C=O) groups excluding carboxylic acids is 1. The number of hydrogen-bond donors (Lipinski definition) is 2. The number of nitrogens with zero attached hydrogens (tertiary/aromatic N) is 3. The monoisotopic (exact) mass is 387 g/mol. The second-order valence-corrected chi connectivity index (χ2v) is 6.05. The Morgan fingerprint density at radius 1 is 1.27 bits per heavy atom. The molecule has 0 spiro atoms. The van der Waals surface area contributed by atoms with E-state index in [4.69, 9.17) is 11.6 Å². The summed E-state index contributed by atoms with van der Waals surface area (Å²) >= 11 is 5.56. The number of alkyl halides is 3. The van der Waals surface area contributed by atoms with Crippen LogP contribution in [-0.2, 0) is 6.18 Å². The summed E-state index contributed by atoms with van der Waals surface area (Å²) in [6.07, 6.45) is -3.22. The lowest BCUT2D eigenvalue weighted by atomic mass is 10.2. The number of rotatable bonds is 6. The van der Waals surface area contributed by atoms with Gasteiger partial charge in [-0.15, -0.1) is 0 Å².